The third kappa shape index (κ3) is 3.48. The Hall–Kier alpha value is -0.610. The maximum absolute atomic E-state index is 12.4. The number of nitrogens with one attached hydrogen (secondary N) is 1. The molecule has 19 heavy (non-hydrogen) atoms. The Labute approximate surface area is 116 Å². The first-order valence-corrected chi connectivity index (χ1v) is 7.66. The van der Waals surface area contributed by atoms with E-state index in [9.17, 15) is 4.79 Å². The second-order valence-electron chi connectivity index (χ2n) is 5.88. The van der Waals surface area contributed by atoms with Crippen LogP contribution in [0.4, 0.5) is 0 Å². The second kappa shape index (κ2) is 6.71. The molecule has 0 bridgehead atoms. The van der Waals surface area contributed by atoms with Crippen molar-refractivity contribution < 1.29 is 14.3 Å². The van der Waals surface area contributed by atoms with Crippen molar-refractivity contribution in [2.24, 2.45) is 5.92 Å². The molecule has 0 aromatic heterocycles. The van der Waals surface area contributed by atoms with Crippen LogP contribution in [0.15, 0.2) is 0 Å². The number of carbonyl (C=O) groups is 1. The van der Waals surface area contributed by atoms with Crippen LogP contribution in [0.2, 0.25) is 0 Å². The summed E-state index contributed by atoms with van der Waals surface area (Å²) >= 11 is 0. The first-order chi connectivity index (χ1) is 9.23. The zero-order valence-electron chi connectivity index (χ0n) is 12.2. The van der Waals surface area contributed by atoms with E-state index in [1.807, 2.05) is 6.92 Å². The van der Waals surface area contributed by atoms with Crippen LogP contribution in [0.1, 0.15) is 51.9 Å². The monoisotopic (exact) mass is 269 g/mol. The van der Waals surface area contributed by atoms with Gasteiger partial charge in [0.25, 0.3) is 0 Å². The lowest BCUT2D eigenvalue weighted by Gasteiger charge is -2.37. The van der Waals surface area contributed by atoms with Gasteiger partial charge in [0.1, 0.15) is 5.54 Å². The molecule has 110 valence electrons. The zero-order chi connectivity index (χ0) is 13.7. The summed E-state index contributed by atoms with van der Waals surface area (Å²) in [6, 6.07) is 0.439. The SMILES string of the molecule is CCOC(=O)C(COC)(NC1CCCCC1)C1CC1. The normalized spacial score (nSPS) is 23.9. The molecular formula is C15H27NO3. The highest BCUT2D eigenvalue weighted by Gasteiger charge is 2.53. The van der Waals surface area contributed by atoms with Crippen molar-refractivity contribution in [2.45, 2.75) is 63.5 Å². The Morgan fingerprint density at radius 3 is 2.42 bits per heavy atom. The van der Waals surface area contributed by atoms with E-state index in [0.29, 0.717) is 25.2 Å². The Bertz CT molecular complexity index is 298. The highest BCUT2D eigenvalue weighted by molar-refractivity contribution is 5.82. The molecule has 1 atom stereocenters. The van der Waals surface area contributed by atoms with Crippen molar-refractivity contribution in [1.82, 2.24) is 5.32 Å². The van der Waals surface area contributed by atoms with Crippen LogP contribution < -0.4 is 5.32 Å². The van der Waals surface area contributed by atoms with Crippen molar-refractivity contribution in [3.05, 3.63) is 0 Å². The van der Waals surface area contributed by atoms with Gasteiger partial charge in [0.2, 0.25) is 0 Å². The molecule has 0 amide bonds. The molecule has 2 aliphatic rings. The van der Waals surface area contributed by atoms with Crippen molar-refractivity contribution in [3.63, 3.8) is 0 Å². The predicted octanol–water partition coefficient (Wildman–Crippen LogP) is 2.27. The smallest absolute Gasteiger partial charge is 0.329 e. The van der Waals surface area contributed by atoms with Gasteiger partial charge in [-0.3, -0.25) is 5.32 Å². The quantitative estimate of drug-likeness (QED) is 0.720. The molecule has 2 rings (SSSR count). The fourth-order valence-corrected chi connectivity index (χ4v) is 3.24. The van der Waals surface area contributed by atoms with Crippen molar-refractivity contribution >= 4 is 5.97 Å². The molecule has 4 heteroatoms. The van der Waals surface area contributed by atoms with E-state index in [4.69, 9.17) is 9.47 Å². The van der Waals surface area contributed by atoms with E-state index in [2.05, 4.69) is 5.32 Å². The number of hydrogen-bond donors (Lipinski definition) is 1. The van der Waals surface area contributed by atoms with Gasteiger partial charge in [0.05, 0.1) is 13.2 Å². The fraction of sp³-hybridized carbons (Fsp3) is 0.933. The first-order valence-electron chi connectivity index (χ1n) is 7.66. The third-order valence-electron chi connectivity index (χ3n) is 4.35. The van der Waals surface area contributed by atoms with Gasteiger partial charge in [-0.1, -0.05) is 19.3 Å². The molecule has 0 spiro atoms. The van der Waals surface area contributed by atoms with E-state index < -0.39 is 5.54 Å². The van der Waals surface area contributed by atoms with Crippen LogP contribution in [0, 0.1) is 5.92 Å². The highest BCUT2D eigenvalue weighted by Crippen LogP contribution is 2.41. The molecule has 2 aliphatic carbocycles. The first kappa shape index (κ1) is 14.8. The fourth-order valence-electron chi connectivity index (χ4n) is 3.24. The minimum Gasteiger partial charge on any atom is -0.465 e. The third-order valence-corrected chi connectivity index (χ3v) is 4.35. The van der Waals surface area contributed by atoms with Gasteiger partial charge < -0.3 is 9.47 Å². The van der Waals surface area contributed by atoms with Gasteiger partial charge >= 0.3 is 5.97 Å². The lowest BCUT2D eigenvalue weighted by atomic mass is 9.88. The molecular weight excluding hydrogens is 242 g/mol. The lowest BCUT2D eigenvalue weighted by molar-refractivity contribution is -0.155. The number of carbonyl (C=O) groups excluding carboxylic acids is 1. The number of methoxy groups -OCH3 is 1. The molecule has 0 saturated heterocycles. The van der Waals surface area contributed by atoms with Crippen LogP contribution in [0.3, 0.4) is 0 Å². The molecule has 1 N–H and O–H groups in total. The molecule has 2 fully saturated rings. The average molecular weight is 269 g/mol. The van der Waals surface area contributed by atoms with Crippen molar-refractivity contribution in [3.8, 4) is 0 Å². The Morgan fingerprint density at radius 1 is 1.21 bits per heavy atom. The van der Waals surface area contributed by atoms with Gasteiger partial charge in [-0.2, -0.15) is 0 Å². The summed E-state index contributed by atoms with van der Waals surface area (Å²) in [7, 11) is 1.67. The molecule has 0 aliphatic heterocycles. The van der Waals surface area contributed by atoms with Gasteiger partial charge in [-0.25, -0.2) is 4.79 Å². The number of esters is 1. The van der Waals surface area contributed by atoms with Crippen LogP contribution >= 0.6 is 0 Å². The topological polar surface area (TPSA) is 47.6 Å². The minimum absolute atomic E-state index is 0.120. The standard InChI is InChI=1S/C15H27NO3/c1-3-19-14(17)15(11-18-2,12-9-10-12)16-13-7-5-4-6-8-13/h12-13,16H,3-11H2,1-2H3. The van der Waals surface area contributed by atoms with Crippen LogP contribution in [-0.4, -0.2) is 37.9 Å². The molecule has 2 saturated carbocycles. The van der Waals surface area contributed by atoms with Crippen LogP contribution in [-0.2, 0) is 14.3 Å². The van der Waals surface area contributed by atoms with Crippen molar-refractivity contribution in [1.29, 1.82) is 0 Å². The Balaban J connectivity index is 2.08. The average Bonchev–Trinajstić information content (AvgIpc) is 3.24. The van der Waals surface area contributed by atoms with Gasteiger partial charge in [-0.15, -0.1) is 0 Å². The van der Waals surface area contributed by atoms with Crippen LogP contribution in [0.5, 0.6) is 0 Å². The summed E-state index contributed by atoms with van der Waals surface area (Å²) in [6.45, 7) is 2.72. The Kier molecular flexibility index (Phi) is 5.22. The lowest BCUT2D eigenvalue weighted by Crippen LogP contribution is -2.61. The van der Waals surface area contributed by atoms with E-state index in [1.54, 1.807) is 7.11 Å². The maximum Gasteiger partial charge on any atom is 0.329 e. The molecule has 0 aromatic carbocycles. The predicted molar refractivity (Wildman–Crippen MR) is 74.0 cm³/mol. The molecule has 0 aromatic rings. The van der Waals surface area contributed by atoms with Gasteiger partial charge in [0, 0.05) is 13.2 Å². The summed E-state index contributed by atoms with van der Waals surface area (Å²) in [4.78, 5) is 12.4. The summed E-state index contributed by atoms with van der Waals surface area (Å²) in [6.07, 6.45) is 8.36. The second-order valence-corrected chi connectivity index (χ2v) is 5.88. The number of hydrogen-bond acceptors (Lipinski definition) is 4. The summed E-state index contributed by atoms with van der Waals surface area (Å²) < 4.78 is 10.7. The van der Waals surface area contributed by atoms with Gasteiger partial charge in [-0.05, 0) is 38.5 Å². The minimum atomic E-state index is -0.604. The van der Waals surface area contributed by atoms with E-state index in [0.717, 1.165) is 25.7 Å². The van der Waals surface area contributed by atoms with Gasteiger partial charge in [0.15, 0.2) is 0 Å². The van der Waals surface area contributed by atoms with E-state index in [1.165, 1.54) is 19.3 Å². The summed E-state index contributed by atoms with van der Waals surface area (Å²) in [5, 5.41) is 3.62. The summed E-state index contributed by atoms with van der Waals surface area (Å²) in [5.41, 5.74) is -0.604. The number of ether oxygens (including phenoxy) is 2. The number of rotatable bonds is 7. The highest BCUT2D eigenvalue weighted by atomic mass is 16.5. The van der Waals surface area contributed by atoms with E-state index in [-0.39, 0.29) is 5.97 Å². The van der Waals surface area contributed by atoms with Crippen LogP contribution in [0.25, 0.3) is 0 Å². The molecule has 4 nitrogen and oxygen atoms in total. The summed E-state index contributed by atoms with van der Waals surface area (Å²) in [5.74, 6) is 0.262. The largest absolute Gasteiger partial charge is 0.465 e. The maximum atomic E-state index is 12.4. The molecule has 0 radical (unpaired) electrons. The molecule has 1 unspecified atom stereocenters. The zero-order valence-corrected chi connectivity index (χ0v) is 12.2. The Morgan fingerprint density at radius 2 is 1.89 bits per heavy atom. The van der Waals surface area contributed by atoms with E-state index >= 15 is 0 Å². The molecule has 0 heterocycles. The van der Waals surface area contributed by atoms with Crippen molar-refractivity contribution in [2.75, 3.05) is 20.3 Å².